The molecule has 1 aliphatic rings. The van der Waals surface area contributed by atoms with Crippen LogP contribution in [0, 0.1) is 0 Å². The molecule has 0 unspecified atom stereocenters. The largest absolute Gasteiger partial charge is 0.458 e. The van der Waals surface area contributed by atoms with Gasteiger partial charge in [0, 0.05) is 25.1 Å². The Hall–Kier alpha value is -4.66. The predicted molar refractivity (Wildman–Crippen MR) is 138 cm³/mol. The fraction of sp³-hybridized carbons (Fsp3) is 0.241. The highest BCUT2D eigenvalue weighted by molar-refractivity contribution is 5.96. The molecule has 38 heavy (non-hydrogen) atoms. The van der Waals surface area contributed by atoms with Gasteiger partial charge >= 0.3 is 12.1 Å². The average molecular weight is 516 g/mol. The van der Waals surface area contributed by atoms with Gasteiger partial charge in [-0.05, 0) is 29.7 Å². The Morgan fingerprint density at radius 2 is 1.34 bits per heavy atom. The molecular formula is C29H29N3O6. The summed E-state index contributed by atoms with van der Waals surface area (Å²) in [4.78, 5) is 51.2. The third-order valence-corrected chi connectivity index (χ3v) is 5.96. The van der Waals surface area contributed by atoms with Crippen LogP contribution in [0.5, 0.6) is 0 Å². The first-order valence-corrected chi connectivity index (χ1v) is 12.4. The van der Waals surface area contributed by atoms with Crippen molar-refractivity contribution in [2.24, 2.45) is 0 Å². The van der Waals surface area contributed by atoms with Crippen molar-refractivity contribution in [1.82, 2.24) is 15.3 Å². The number of nitrogens with one attached hydrogen (secondary N) is 1. The van der Waals surface area contributed by atoms with E-state index in [-0.39, 0.29) is 32.7 Å². The fourth-order valence-electron chi connectivity index (χ4n) is 4.01. The molecule has 1 aliphatic heterocycles. The van der Waals surface area contributed by atoms with Crippen LogP contribution >= 0.6 is 0 Å². The first-order chi connectivity index (χ1) is 18.5. The number of ether oxygens (including phenoxy) is 2. The molecule has 1 heterocycles. The van der Waals surface area contributed by atoms with E-state index in [9.17, 15) is 19.2 Å². The maximum atomic E-state index is 13.1. The molecule has 0 aliphatic carbocycles. The quantitative estimate of drug-likeness (QED) is 0.438. The summed E-state index contributed by atoms with van der Waals surface area (Å²) in [5.74, 6) is -1.54. The van der Waals surface area contributed by atoms with Crippen LogP contribution in [0.15, 0.2) is 91.0 Å². The van der Waals surface area contributed by atoms with Gasteiger partial charge in [-0.25, -0.2) is 19.6 Å². The Bertz CT molecular complexity index is 1240. The number of hydrogen-bond donors (Lipinski definition) is 1. The number of carbonyl (C=O) groups excluding carboxylic acids is 4. The molecule has 3 aromatic carbocycles. The van der Waals surface area contributed by atoms with Gasteiger partial charge < -0.3 is 14.8 Å². The number of benzene rings is 3. The standard InChI is InChI=1S/C29H29N3O6/c33-26(20-30-27(34)24-15-8-3-9-16-24)31-17-10-18-32(31)29(36)38-25(19-22-11-4-1-5-12-22)28(35)37-21-23-13-6-2-7-14-23/h1-9,11-16,25H,10,17-21H2,(H,30,34)/t25-/m0/s1. The Labute approximate surface area is 220 Å². The van der Waals surface area contributed by atoms with Crippen LogP contribution in [-0.2, 0) is 32.1 Å². The van der Waals surface area contributed by atoms with E-state index < -0.39 is 30.0 Å². The monoisotopic (exact) mass is 515 g/mol. The summed E-state index contributed by atoms with van der Waals surface area (Å²) in [5.41, 5.74) is 2.02. The van der Waals surface area contributed by atoms with E-state index in [0.717, 1.165) is 11.1 Å². The van der Waals surface area contributed by atoms with E-state index in [0.29, 0.717) is 12.0 Å². The van der Waals surface area contributed by atoms with Crippen LogP contribution in [0.2, 0.25) is 0 Å². The molecule has 1 fully saturated rings. The third kappa shape index (κ3) is 7.19. The predicted octanol–water partition coefficient (Wildman–Crippen LogP) is 3.36. The summed E-state index contributed by atoms with van der Waals surface area (Å²) >= 11 is 0. The topological polar surface area (TPSA) is 105 Å². The molecular weight excluding hydrogens is 486 g/mol. The van der Waals surface area contributed by atoms with Gasteiger partial charge in [0.15, 0.2) is 0 Å². The van der Waals surface area contributed by atoms with Gasteiger partial charge in [-0.15, -0.1) is 0 Å². The van der Waals surface area contributed by atoms with Crippen LogP contribution < -0.4 is 5.32 Å². The molecule has 1 N–H and O–H groups in total. The van der Waals surface area contributed by atoms with Gasteiger partial charge in [-0.3, -0.25) is 9.59 Å². The molecule has 9 heteroatoms. The van der Waals surface area contributed by atoms with Crippen LogP contribution in [0.3, 0.4) is 0 Å². The van der Waals surface area contributed by atoms with E-state index in [2.05, 4.69) is 5.32 Å². The summed E-state index contributed by atoms with van der Waals surface area (Å²) < 4.78 is 11.0. The summed E-state index contributed by atoms with van der Waals surface area (Å²) in [5, 5.41) is 4.98. The lowest BCUT2D eigenvalue weighted by Crippen LogP contribution is -2.50. The molecule has 3 amide bonds. The first kappa shape index (κ1) is 26.4. The van der Waals surface area contributed by atoms with Gasteiger partial charge in [-0.2, -0.15) is 0 Å². The maximum absolute atomic E-state index is 13.1. The van der Waals surface area contributed by atoms with Crippen LogP contribution in [0.1, 0.15) is 27.9 Å². The number of carbonyl (C=O) groups is 4. The van der Waals surface area contributed by atoms with Crippen molar-refractivity contribution < 1.29 is 28.7 Å². The lowest BCUT2D eigenvalue weighted by atomic mass is 10.1. The summed E-state index contributed by atoms with van der Waals surface area (Å²) in [7, 11) is 0. The second kappa shape index (κ2) is 13.0. The number of esters is 1. The number of nitrogens with zero attached hydrogens (tertiary/aromatic N) is 2. The number of hydrazine groups is 1. The van der Waals surface area contributed by atoms with Gasteiger partial charge in [-0.1, -0.05) is 78.9 Å². The van der Waals surface area contributed by atoms with Gasteiger partial charge in [0.1, 0.15) is 6.61 Å². The molecule has 9 nitrogen and oxygen atoms in total. The Morgan fingerprint density at radius 1 is 0.763 bits per heavy atom. The Balaban J connectivity index is 1.38. The molecule has 196 valence electrons. The van der Waals surface area contributed by atoms with Crippen molar-refractivity contribution >= 4 is 23.9 Å². The summed E-state index contributed by atoms with van der Waals surface area (Å²) in [6.45, 7) is 0.285. The smallest absolute Gasteiger partial charge is 0.429 e. The molecule has 0 spiro atoms. The zero-order valence-corrected chi connectivity index (χ0v) is 20.8. The lowest BCUT2D eigenvalue weighted by molar-refractivity contribution is -0.157. The SMILES string of the molecule is O=C(NCC(=O)N1CCCN1C(=O)O[C@@H](Cc1ccccc1)C(=O)OCc1ccccc1)c1ccccc1. The average Bonchev–Trinajstić information content (AvgIpc) is 3.46. The Kier molecular flexibility index (Phi) is 9.07. The fourth-order valence-corrected chi connectivity index (χ4v) is 4.01. The molecule has 3 aromatic rings. The zero-order valence-electron chi connectivity index (χ0n) is 20.8. The van der Waals surface area contributed by atoms with Crippen molar-refractivity contribution in [3.8, 4) is 0 Å². The van der Waals surface area contributed by atoms with Crippen molar-refractivity contribution in [2.75, 3.05) is 19.6 Å². The van der Waals surface area contributed by atoms with Gasteiger partial charge in [0.25, 0.3) is 11.8 Å². The Morgan fingerprint density at radius 3 is 2.00 bits per heavy atom. The van der Waals surface area contributed by atoms with Crippen LogP contribution in [0.25, 0.3) is 0 Å². The highest BCUT2D eigenvalue weighted by atomic mass is 16.6. The number of amides is 3. The number of rotatable bonds is 9. The minimum atomic E-state index is -1.20. The second-order valence-electron chi connectivity index (χ2n) is 8.70. The first-order valence-electron chi connectivity index (χ1n) is 12.4. The molecule has 1 atom stereocenters. The van der Waals surface area contributed by atoms with Crippen molar-refractivity contribution in [3.63, 3.8) is 0 Å². The van der Waals surface area contributed by atoms with E-state index in [1.807, 2.05) is 60.7 Å². The summed E-state index contributed by atoms with van der Waals surface area (Å²) in [6.07, 6.45) is -1.38. The van der Waals surface area contributed by atoms with Crippen molar-refractivity contribution in [3.05, 3.63) is 108 Å². The molecule has 0 radical (unpaired) electrons. The normalized spacial score (nSPS) is 13.5. The molecule has 0 saturated carbocycles. The van der Waals surface area contributed by atoms with Crippen LogP contribution in [0.4, 0.5) is 4.79 Å². The van der Waals surface area contributed by atoms with Gasteiger partial charge in [0.2, 0.25) is 6.10 Å². The van der Waals surface area contributed by atoms with Gasteiger partial charge in [0.05, 0.1) is 6.54 Å². The lowest BCUT2D eigenvalue weighted by Gasteiger charge is -2.28. The molecule has 1 saturated heterocycles. The minimum Gasteiger partial charge on any atom is -0.458 e. The van der Waals surface area contributed by atoms with Crippen molar-refractivity contribution in [2.45, 2.75) is 25.6 Å². The van der Waals surface area contributed by atoms with E-state index in [1.54, 1.807) is 30.3 Å². The number of hydrogen-bond acceptors (Lipinski definition) is 6. The molecule has 4 rings (SSSR count). The highest BCUT2D eigenvalue weighted by Crippen LogP contribution is 2.16. The third-order valence-electron chi connectivity index (χ3n) is 5.96. The molecule has 0 aromatic heterocycles. The van der Waals surface area contributed by atoms with E-state index >= 15 is 0 Å². The molecule has 0 bridgehead atoms. The van der Waals surface area contributed by atoms with Crippen LogP contribution in [-0.4, -0.2) is 59.6 Å². The zero-order chi connectivity index (χ0) is 26.7. The van der Waals surface area contributed by atoms with Crippen molar-refractivity contribution in [1.29, 1.82) is 0 Å². The van der Waals surface area contributed by atoms with E-state index in [1.165, 1.54) is 10.0 Å². The summed E-state index contributed by atoms with van der Waals surface area (Å²) in [6, 6.07) is 26.9. The second-order valence-corrected chi connectivity index (χ2v) is 8.70. The van der Waals surface area contributed by atoms with E-state index in [4.69, 9.17) is 9.47 Å². The maximum Gasteiger partial charge on any atom is 0.429 e. The highest BCUT2D eigenvalue weighted by Gasteiger charge is 2.35. The minimum absolute atomic E-state index is 0.0396.